The molecule has 0 saturated heterocycles. The summed E-state index contributed by atoms with van der Waals surface area (Å²) in [5.41, 5.74) is 2.08. The monoisotopic (exact) mass is 373 g/mol. The van der Waals surface area contributed by atoms with Gasteiger partial charge in [0, 0.05) is 36.3 Å². The summed E-state index contributed by atoms with van der Waals surface area (Å²) in [7, 11) is 0. The summed E-state index contributed by atoms with van der Waals surface area (Å²) < 4.78 is 28.8. The Hall–Kier alpha value is -3.33. The maximum Gasteiger partial charge on any atom is 0.387 e. The van der Waals surface area contributed by atoms with E-state index in [1.807, 2.05) is 6.07 Å². The first-order valence-electron chi connectivity index (χ1n) is 8.10. The van der Waals surface area contributed by atoms with Crippen LogP contribution >= 0.6 is 0 Å². The van der Waals surface area contributed by atoms with Crippen LogP contribution in [-0.4, -0.2) is 39.8 Å². The van der Waals surface area contributed by atoms with Crippen LogP contribution in [0.3, 0.4) is 0 Å². The van der Waals surface area contributed by atoms with E-state index in [1.54, 1.807) is 36.7 Å². The molecule has 7 nitrogen and oxygen atoms in total. The Kier molecular flexibility index (Phi) is 6.06. The van der Waals surface area contributed by atoms with Gasteiger partial charge in [-0.25, -0.2) is 4.98 Å². The van der Waals surface area contributed by atoms with E-state index in [0.29, 0.717) is 29.7 Å². The lowest BCUT2D eigenvalue weighted by atomic mass is 10.2. The summed E-state index contributed by atoms with van der Waals surface area (Å²) >= 11 is 0. The van der Waals surface area contributed by atoms with Gasteiger partial charge >= 0.3 is 6.61 Å². The number of benzene rings is 1. The van der Waals surface area contributed by atoms with Crippen molar-refractivity contribution in [2.75, 3.05) is 23.8 Å². The highest BCUT2D eigenvalue weighted by molar-refractivity contribution is 5.67. The average Bonchev–Trinajstić information content (AvgIpc) is 2.68. The minimum Gasteiger partial charge on any atom is -0.435 e. The Morgan fingerprint density at radius 3 is 2.59 bits per heavy atom. The van der Waals surface area contributed by atoms with Gasteiger partial charge in [0.05, 0.1) is 12.3 Å². The fourth-order valence-corrected chi connectivity index (χ4v) is 2.29. The normalized spacial score (nSPS) is 10.7. The van der Waals surface area contributed by atoms with Gasteiger partial charge in [-0.3, -0.25) is 4.98 Å². The van der Waals surface area contributed by atoms with Crippen LogP contribution in [0.2, 0.25) is 0 Å². The minimum atomic E-state index is -2.87. The Labute approximate surface area is 154 Å². The Morgan fingerprint density at radius 2 is 1.93 bits per heavy atom. The molecule has 0 bridgehead atoms. The van der Waals surface area contributed by atoms with Crippen molar-refractivity contribution in [3.63, 3.8) is 0 Å². The van der Waals surface area contributed by atoms with Gasteiger partial charge in [0.1, 0.15) is 11.6 Å². The molecule has 0 aliphatic carbocycles. The maximum absolute atomic E-state index is 12.2. The number of ether oxygens (including phenoxy) is 1. The van der Waals surface area contributed by atoms with Crippen molar-refractivity contribution in [2.45, 2.75) is 6.61 Å². The van der Waals surface area contributed by atoms with E-state index in [0.717, 1.165) is 5.56 Å². The van der Waals surface area contributed by atoms with Gasteiger partial charge in [-0.05, 0) is 36.4 Å². The minimum absolute atomic E-state index is 0.0607. The third-order valence-electron chi connectivity index (χ3n) is 3.43. The first-order chi connectivity index (χ1) is 13.1. The van der Waals surface area contributed by atoms with Crippen molar-refractivity contribution in [3.05, 3.63) is 54.9 Å². The van der Waals surface area contributed by atoms with Crippen LogP contribution in [0.5, 0.6) is 5.75 Å². The van der Waals surface area contributed by atoms with Gasteiger partial charge in [-0.15, -0.1) is 0 Å². The van der Waals surface area contributed by atoms with Crippen LogP contribution in [0.15, 0.2) is 54.9 Å². The number of halogens is 2. The first kappa shape index (κ1) is 18.5. The molecule has 1 aromatic carbocycles. The number of hydrogen-bond donors (Lipinski definition) is 3. The number of rotatable bonds is 8. The van der Waals surface area contributed by atoms with Crippen LogP contribution in [0, 0.1) is 0 Å². The summed E-state index contributed by atoms with van der Waals surface area (Å²) in [6.45, 7) is -2.63. The molecule has 0 atom stereocenters. The predicted octanol–water partition coefficient (Wildman–Crippen LogP) is 3.29. The van der Waals surface area contributed by atoms with Crippen LogP contribution in [0.4, 0.5) is 26.2 Å². The molecule has 3 rings (SSSR count). The van der Waals surface area contributed by atoms with Crippen molar-refractivity contribution < 1.29 is 18.6 Å². The van der Waals surface area contributed by atoms with Crippen LogP contribution in [0.1, 0.15) is 0 Å². The highest BCUT2D eigenvalue weighted by atomic mass is 19.3. The summed E-state index contributed by atoms with van der Waals surface area (Å²) in [5.74, 6) is 0.900. The molecule has 0 spiro atoms. The average molecular weight is 373 g/mol. The van der Waals surface area contributed by atoms with E-state index in [1.165, 1.54) is 12.1 Å². The molecule has 0 unspecified atom stereocenters. The molecule has 2 heterocycles. The van der Waals surface area contributed by atoms with Gasteiger partial charge in [0.25, 0.3) is 0 Å². The second kappa shape index (κ2) is 8.86. The second-order valence-corrected chi connectivity index (χ2v) is 5.38. The van der Waals surface area contributed by atoms with E-state index in [4.69, 9.17) is 5.11 Å². The molecule has 140 valence electrons. The molecular weight excluding hydrogens is 356 g/mol. The summed E-state index contributed by atoms with van der Waals surface area (Å²) in [4.78, 5) is 12.8. The summed E-state index contributed by atoms with van der Waals surface area (Å²) in [6, 6.07) is 11.5. The smallest absolute Gasteiger partial charge is 0.387 e. The molecule has 0 radical (unpaired) electrons. The van der Waals surface area contributed by atoms with E-state index in [2.05, 4.69) is 30.3 Å². The van der Waals surface area contributed by atoms with E-state index in [9.17, 15) is 8.78 Å². The molecule has 3 N–H and O–H groups in total. The van der Waals surface area contributed by atoms with Crippen molar-refractivity contribution >= 4 is 17.5 Å². The number of nitrogens with zero attached hydrogens (tertiary/aromatic N) is 3. The summed E-state index contributed by atoms with van der Waals surface area (Å²) in [6.07, 6.45) is 3.34. The van der Waals surface area contributed by atoms with Gasteiger partial charge in [0.15, 0.2) is 0 Å². The third kappa shape index (κ3) is 5.32. The van der Waals surface area contributed by atoms with Gasteiger partial charge < -0.3 is 20.5 Å². The van der Waals surface area contributed by atoms with Crippen LogP contribution in [-0.2, 0) is 0 Å². The molecule has 0 aliphatic heterocycles. The number of aromatic nitrogens is 3. The lowest BCUT2D eigenvalue weighted by Crippen LogP contribution is -2.10. The molecule has 0 amide bonds. The number of aliphatic hydroxyl groups excluding tert-OH is 1. The molecular formula is C18H17F2N5O2. The van der Waals surface area contributed by atoms with Crippen molar-refractivity contribution in [2.24, 2.45) is 0 Å². The van der Waals surface area contributed by atoms with Crippen molar-refractivity contribution in [1.29, 1.82) is 0 Å². The van der Waals surface area contributed by atoms with Crippen LogP contribution < -0.4 is 15.4 Å². The lowest BCUT2D eigenvalue weighted by Gasteiger charge is -2.11. The topological polar surface area (TPSA) is 92.2 Å². The zero-order valence-corrected chi connectivity index (χ0v) is 14.1. The zero-order valence-electron chi connectivity index (χ0n) is 14.1. The largest absolute Gasteiger partial charge is 0.435 e. The van der Waals surface area contributed by atoms with Crippen molar-refractivity contribution in [1.82, 2.24) is 15.0 Å². The number of aliphatic hydroxyl groups is 1. The fraction of sp³-hybridized carbons (Fsp3) is 0.167. The third-order valence-corrected chi connectivity index (χ3v) is 3.43. The van der Waals surface area contributed by atoms with Crippen molar-refractivity contribution in [3.8, 4) is 17.0 Å². The molecule has 0 saturated carbocycles. The fourth-order valence-electron chi connectivity index (χ4n) is 2.29. The second-order valence-electron chi connectivity index (χ2n) is 5.38. The molecule has 27 heavy (non-hydrogen) atoms. The molecule has 0 fully saturated rings. The number of alkyl halides is 2. The first-order valence-corrected chi connectivity index (χ1v) is 8.10. The standard InChI is InChI=1S/C18H17F2N5O2/c19-17(20)27-14-5-3-13(4-6-14)23-16-10-15(12-2-1-7-21-11-12)24-18(25-16)22-8-9-26/h1-7,10-11,17,26H,8-9H2,(H2,22,23,24,25). The SMILES string of the molecule is OCCNc1nc(Nc2ccc(OC(F)F)cc2)cc(-c2cccnc2)n1. The molecule has 2 aromatic heterocycles. The molecule has 9 heteroatoms. The highest BCUT2D eigenvalue weighted by Crippen LogP contribution is 2.24. The zero-order chi connectivity index (χ0) is 19.1. The van der Waals surface area contributed by atoms with E-state index in [-0.39, 0.29) is 12.4 Å². The van der Waals surface area contributed by atoms with Gasteiger partial charge in [-0.1, -0.05) is 0 Å². The molecule has 3 aromatic rings. The maximum atomic E-state index is 12.2. The quantitative estimate of drug-likeness (QED) is 0.558. The van der Waals surface area contributed by atoms with Crippen LogP contribution in [0.25, 0.3) is 11.3 Å². The van der Waals surface area contributed by atoms with E-state index < -0.39 is 6.61 Å². The number of nitrogens with one attached hydrogen (secondary N) is 2. The van der Waals surface area contributed by atoms with Gasteiger partial charge in [0.2, 0.25) is 5.95 Å². The number of hydrogen-bond acceptors (Lipinski definition) is 7. The lowest BCUT2D eigenvalue weighted by molar-refractivity contribution is -0.0498. The van der Waals surface area contributed by atoms with E-state index >= 15 is 0 Å². The predicted molar refractivity (Wildman–Crippen MR) is 97.2 cm³/mol. The summed E-state index contributed by atoms with van der Waals surface area (Å²) in [5, 5.41) is 15.0. The number of anilines is 3. The van der Waals surface area contributed by atoms with Gasteiger partial charge in [-0.2, -0.15) is 13.8 Å². The Morgan fingerprint density at radius 1 is 1.11 bits per heavy atom. The Balaban J connectivity index is 1.85. The highest BCUT2D eigenvalue weighted by Gasteiger charge is 2.08. The number of pyridine rings is 1. The Bertz CT molecular complexity index is 863. The molecule has 0 aliphatic rings.